The van der Waals surface area contributed by atoms with Crippen molar-refractivity contribution in [2.24, 2.45) is 0 Å². The van der Waals surface area contributed by atoms with E-state index < -0.39 is 0 Å². The summed E-state index contributed by atoms with van der Waals surface area (Å²) < 4.78 is 0. The number of rotatable bonds is 1. The summed E-state index contributed by atoms with van der Waals surface area (Å²) in [5.41, 5.74) is 1.47. The molecule has 0 bridgehead atoms. The van der Waals surface area contributed by atoms with E-state index >= 15 is 0 Å². The third kappa shape index (κ3) is 1.79. The van der Waals surface area contributed by atoms with Gasteiger partial charge in [-0.05, 0) is 39.6 Å². The van der Waals surface area contributed by atoms with Crippen molar-refractivity contribution >= 4 is 21.5 Å². The lowest BCUT2D eigenvalue weighted by atomic mass is 9.95. The van der Waals surface area contributed by atoms with Crippen LogP contribution in [0, 0.1) is 0 Å². The molecule has 0 aliphatic rings. The molecule has 0 radical (unpaired) electrons. The Hall–Kier alpha value is -1.86. The van der Waals surface area contributed by atoms with E-state index in [1.54, 1.807) is 0 Å². The molecular formula is C16H17N. The van der Waals surface area contributed by atoms with Gasteiger partial charge in [0.15, 0.2) is 0 Å². The molecule has 1 nitrogen and oxygen atoms in total. The number of aryl methyl sites for hydroxylation is 1. The minimum Gasteiger partial charge on any atom is -0.344 e. The molecule has 0 fully saturated rings. The van der Waals surface area contributed by atoms with Gasteiger partial charge < -0.3 is 6.15 Å². The second-order valence-corrected chi connectivity index (χ2v) is 4.15. The molecule has 0 unspecified atom stereocenters. The normalized spacial score (nSPS) is 10.4. The summed E-state index contributed by atoms with van der Waals surface area (Å²) >= 11 is 0. The monoisotopic (exact) mass is 223 g/mol. The summed E-state index contributed by atoms with van der Waals surface area (Å²) in [5.74, 6) is 0. The average molecular weight is 223 g/mol. The van der Waals surface area contributed by atoms with Gasteiger partial charge in [0, 0.05) is 0 Å². The maximum absolute atomic E-state index is 2.28. The van der Waals surface area contributed by atoms with Crippen molar-refractivity contribution in [2.45, 2.75) is 13.3 Å². The first-order chi connectivity index (χ1) is 7.90. The second-order valence-electron chi connectivity index (χ2n) is 4.15. The fourth-order valence-corrected chi connectivity index (χ4v) is 2.49. The molecule has 0 atom stereocenters. The molecule has 1 heteroatoms. The first-order valence-corrected chi connectivity index (χ1v) is 5.79. The van der Waals surface area contributed by atoms with Crippen LogP contribution in [0.1, 0.15) is 12.5 Å². The van der Waals surface area contributed by atoms with Crippen molar-refractivity contribution in [3.63, 3.8) is 0 Å². The Morgan fingerprint density at radius 2 is 1.24 bits per heavy atom. The highest BCUT2D eigenvalue weighted by atomic mass is 14.1. The Labute approximate surface area is 102 Å². The van der Waals surface area contributed by atoms with Gasteiger partial charge in [-0.1, -0.05) is 55.5 Å². The van der Waals surface area contributed by atoms with Crippen LogP contribution in [-0.2, 0) is 6.42 Å². The molecule has 0 aliphatic heterocycles. The molecule has 0 saturated heterocycles. The number of benzene rings is 3. The van der Waals surface area contributed by atoms with Crippen LogP contribution >= 0.6 is 0 Å². The SMILES string of the molecule is CCc1c2ccccc2cc2ccccc12.N. The van der Waals surface area contributed by atoms with Gasteiger partial charge >= 0.3 is 0 Å². The lowest BCUT2D eigenvalue weighted by molar-refractivity contribution is 1.18. The molecule has 0 heterocycles. The molecule has 3 aromatic carbocycles. The third-order valence-corrected chi connectivity index (χ3v) is 3.24. The smallest absolute Gasteiger partial charge is 0.0146 e. The third-order valence-electron chi connectivity index (χ3n) is 3.24. The highest BCUT2D eigenvalue weighted by molar-refractivity contribution is 6.02. The molecular weight excluding hydrogens is 206 g/mol. The predicted molar refractivity (Wildman–Crippen MR) is 75.9 cm³/mol. The van der Waals surface area contributed by atoms with E-state index in [0.717, 1.165) is 6.42 Å². The number of hydrogen-bond acceptors (Lipinski definition) is 1. The van der Waals surface area contributed by atoms with Gasteiger partial charge in [0.05, 0.1) is 0 Å². The van der Waals surface area contributed by atoms with Crippen molar-refractivity contribution in [1.82, 2.24) is 6.15 Å². The van der Waals surface area contributed by atoms with Crippen LogP contribution in [0.25, 0.3) is 21.5 Å². The second kappa shape index (κ2) is 4.56. The van der Waals surface area contributed by atoms with Crippen LogP contribution < -0.4 is 6.15 Å². The van der Waals surface area contributed by atoms with Crippen LogP contribution in [0.5, 0.6) is 0 Å². The molecule has 3 N–H and O–H groups in total. The first kappa shape index (κ1) is 11.6. The Bertz CT molecular complexity index is 602. The van der Waals surface area contributed by atoms with Gasteiger partial charge in [0.25, 0.3) is 0 Å². The summed E-state index contributed by atoms with van der Waals surface area (Å²) in [6, 6.07) is 19.6. The minimum absolute atomic E-state index is 0. The molecule has 86 valence electrons. The van der Waals surface area contributed by atoms with E-state index in [-0.39, 0.29) is 6.15 Å². The lowest BCUT2D eigenvalue weighted by Gasteiger charge is -2.09. The van der Waals surface area contributed by atoms with E-state index in [9.17, 15) is 0 Å². The van der Waals surface area contributed by atoms with E-state index in [1.165, 1.54) is 27.1 Å². The predicted octanol–water partition coefficient (Wildman–Crippen LogP) is 4.72. The van der Waals surface area contributed by atoms with Crippen molar-refractivity contribution in [1.29, 1.82) is 0 Å². The zero-order chi connectivity index (χ0) is 11.0. The number of fused-ring (bicyclic) bond motifs is 2. The molecule has 0 amide bonds. The molecule has 0 aromatic heterocycles. The minimum atomic E-state index is 0. The largest absolute Gasteiger partial charge is 0.344 e. The average Bonchev–Trinajstić information content (AvgIpc) is 2.36. The van der Waals surface area contributed by atoms with Crippen molar-refractivity contribution in [3.05, 3.63) is 60.2 Å². The van der Waals surface area contributed by atoms with Gasteiger partial charge in [0.1, 0.15) is 0 Å². The summed E-state index contributed by atoms with van der Waals surface area (Å²) in [6.45, 7) is 2.23. The van der Waals surface area contributed by atoms with Gasteiger partial charge in [-0.2, -0.15) is 0 Å². The molecule has 0 aliphatic carbocycles. The standard InChI is InChI=1S/C16H14.H3N/c1-2-14-15-9-5-3-7-12(15)11-13-8-4-6-10-16(13)14;/h3-11H,2H2,1H3;1H3. The Kier molecular flexibility index (Phi) is 3.12. The summed E-state index contributed by atoms with van der Waals surface area (Å²) in [7, 11) is 0. The first-order valence-electron chi connectivity index (χ1n) is 5.79. The Morgan fingerprint density at radius 3 is 1.71 bits per heavy atom. The quantitative estimate of drug-likeness (QED) is 0.595. The van der Waals surface area contributed by atoms with Gasteiger partial charge in [-0.3, -0.25) is 0 Å². The Balaban J connectivity index is 0.00000108. The van der Waals surface area contributed by atoms with Gasteiger partial charge in [-0.25, -0.2) is 0 Å². The lowest BCUT2D eigenvalue weighted by Crippen LogP contribution is -1.86. The highest BCUT2D eigenvalue weighted by Crippen LogP contribution is 2.28. The molecule has 17 heavy (non-hydrogen) atoms. The van der Waals surface area contributed by atoms with Gasteiger partial charge in [0.2, 0.25) is 0 Å². The topological polar surface area (TPSA) is 35.0 Å². The number of hydrogen-bond donors (Lipinski definition) is 1. The van der Waals surface area contributed by atoms with Gasteiger partial charge in [-0.15, -0.1) is 0 Å². The van der Waals surface area contributed by atoms with E-state index in [4.69, 9.17) is 0 Å². The molecule has 3 aromatic rings. The zero-order valence-electron chi connectivity index (χ0n) is 10.1. The fraction of sp³-hybridized carbons (Fsp3) is 0.125. The zero-order valence-corrected chi connectivity index (χ0v) is 10.1. The van der Waals surface area contributed by atoms with Crippen LogP contribution in [0.15, 0.2) is 54.6 Å². The maximum Gasteiger partial charge on any atom is -0.0146 e. The Morgan fingerprint density at radius 1 is 0.765 bits per heavy atom. The van der Waals surface area contributed by atoms with E-state index in [0.29, 0.717) is 0 Å². The van der Waals surface area contributed by atoms with Crippen molar-refractivity contribution in [2.75, 3.05) is 0 Å². The summed E-state index contributed by atoms with van der Waals surface area (Å²) in [6.07, 6.45) is 1.09. The molecule has 3 rings (SSSR count). The molecule has 0 spiro atoms. The summed E-state index contributed by atoms with van der Waals surface area (Å²) in [4.78, 5) is 0. The van der Waals surface area contributed by atoms with Crippen LogP contribution in [0.4, 0.5) is 0 Å². The van der Waals surface area contributed by atoms with E-state index in [1.807, 2.05) is 0 Å². The summed E-state index contributed by atoms with van der Waals surface area (Å²) in [5, 5.41) is 5.48. The molecule has 0 saturated carbocycles. The maximum atomic E-state index is 2.28. The van der Waals surface area contributed by atoms with Crippen LogP contribution in [0.3, 0.4) is 0 Å². The van der Waals surface area contributed by atoms with E-state index in [2.05, 4.69) is 61.5 Å². The highest BCUT2D eigenvalue weighted by Gasteiger charge is 2.04. The van der Waals surface area contributed by atoms with Crippen molar-refractivity contribution < 1.29 is 0 Å². The van der Waals surface area contributed by atoms with Crippen molar-refractivity contribution in [3.8, 4) is 0 Å². The fourth-order valence-electron chi connectivity index (χ4n) is 2.49. The van der Waals surface area contributed by atoms with Crippen LogP contribution in [-0.4, -0.2) is 0 Å². The van der Waals surface area contributed by atoms with Crippen LogP contribution in [0.2, 0.25) is 0 Å².